The third kappa shape index (κ3) is 4.48. The highest BCUT2D eigenvalue weighted by Gasteiger charge is 2.09. The molecule has 1 aliphatic rings. The molecule has 0 aliphatic carbocycles. The Morgan fingerprint density at radius 2 is 2.05 bits per heavy atom. The lowest BCUT2D eigenvalue weighted by Gasteiger charge is -2.17. The maximum absolute atomic E-state index is 11.9. The number of aliphatic imine (C=N–C) groups is 1. The van der Waals surface area contributed by atoms with Crippen molar-refractivity contribution in [1.29, 1.82) is 0 Å². The maximum atomic E-state index is 11.9. The first kappa shape index (κ1) is 14.8. The summed E-state index contributed by atoms with van der Waals surface area (Å²) in [4.78, 5) is 27.5. The normalized spacial score (nSPS) is 13.7. The molecule has 1 heterocycles. The van der Waals surface area contributed by atoms with E-state index in [9.17, 15) is 9.59 Å². The van der Waals surface area contributed by atoms with E-state index in [-0.39, 0.29) is 18.4 Å². The lowest BCUT2D eigenvalue weighted by atomic mass is 10.2. The van der Waals surface area contributed by atoms with Crippen molar-refractivity contribution in [2.75, 3.05) is 26.7 Å². The summed E-state index contributed by atoms with van der Waals surface area (Å²) in [5.74, 6) is 0.171. The van der Waals surface area contributed by atoms with Crippen LogP contribution in [0, 0.1) is 0 Å². The smallest absolute Gasteiger partial charge is 0.251 e. The summed E-state index contributed by atoms with van der Waals surface area (Å²) in [6.45, 7) is 1.73. The van der Waals surface area contributed by atoms with E-state index in [1.54, 1.807) is 18.2 Å². The van der Waals surface area contributed by atoms with Gasteiger partial charge in [-0.1, -0.05) is 6.07 Å². The van der Waals surface area contributed by atoms with Crippen LogP contribution in [0.4, 0.5) is 5.69 Å². The van der Waals surface area contributed by atoms with E-state index in [0.717, 1.165) is 19.5 Å². The van der Waals surface area contributed by atoms with Gasteiger partial charge >= 0.3 is 0 Å². The zero-order valence-electron chi connectivity index (χ0n) is 11.9. The highest BCUT2D eigenvalue weighted by Crippen LogP contribution is 2.14. The molecule has 0 radical (unpaired) electrons. The number of amides is 2. The van der Waals surface area contributed by atoms with E-state index in [0.29, 0.717) is 17.2 Å². The zero-order valence-corrected chi connectivity index (χ0v) is 11.9. The quantitative estimate of drug-likeness (QED) is 0.614. The van der Waals surface area contributed by atoms with Crippen molar-refractivity contribution in [3.63, 3.8) is 0 Å². The van der Waals surface area contributed by atoms with Gasteiger partial charge in [0.2, 0.25) is 5.91 Å². The molecule has 7 nitrogen and oxygen atoms in total. The molecule has 0 unspecified atom stereocenters. The van der Waals surface area contributed by atoms with Crippen molar-refractivity contribution in [3.8, 4) is 0 Å². The van der Waals surface area contributed by atoms with Crippen LogP contribution >= 0.6 is 0 Å². The second-order valence-electron chi connectivity index (χ2n) is 4.57. The molecule has 2 rings (SSSR count). The second-order valence-corrected chi connectivity index (χ2v) is 4.57. The molecule has 21 heavy (non-hydrogen) atoms. The van der Waals surface area contributed by atoms with Gasteiger partial charge in [0.1, 0.15) is 0 Å². The summed E-state index contributed by atoms with van der Waals surface area (Å²) in [7, 11) is 1.52. The number of benzene rings is 1. The topological polar surface area (TPSA) is 94.6 Å². The van der Waals surface area contributed by atoms with Gasteiger partial charge < -0.3 is 21.3 Å². The molecule has 4 N–H and O–H groups in total. The first-order chi connectivity index (χ1) is 10.2. The summed E-state index contributed by atoms with van der Waals surface area (Å²) >= 11 is 0. The first-order valence-corrected chi connectivity index (χ1v) is 6.84. The highest BCUT2D eigenvalue weighted by molar-refractivity contribution is 5.97. The van der Waals surface area contributed by atoms with Gasteiger partial charge in [0, 0.05) is 25.7 Å². The van der Waals surface area contributed by atoms with Crippen molar-refractivity contribution in [1.82, 2.24) is 21.3 Å². The fourth-order valence-corrected chi connectivity index (χ4v) is 1.84. The number of hydrogen-bond donors (Lipinski definition) is 4. The average molecular weight is 289 g/mol. The first-order valence-electron chi connectivity index (χ1n) is 6.84. The standard InChI is InChI=1S/C14H19N5O2/c1-15-12(20)9-18-13(21)10-4-2-5-11(8-10)19-14-16-6-3-7-17-14/h2,4-5,8H,3,6-7,9H2,1H3,(H,15,20)(H,18,21)(H2,16,17,19). The van der Waals surface area contributed by atoms with Crippen molar-refractivity contribution in [2.24, 2.45) is 4.99 Å². The van der Waals surface area contributed by atoms with Crippen LogP contribution in [0.2, 0.25) is 0 Å². The molecule has 1 fully saturated rings. The summed E-state index contributed by atoms with van der Waals surface area (Å²) in [6, 6.07) is 6.95. The molecule has 0 bridgehead atoms. The SMILES string of the molecule is CNC(=O)CNC(=O)c1cccc(N=C2NCCCN2)c1. The molecule has 1 saturated heterocycles. The number of guanidine groups is 1. The van der Waals surface area contributed by atoms with Crippen molar-refractivity contribution in [3.05, 3.63) is 29.8 Å². The van der Waals surface area contributed by atoms with E-state index < -0.39 is 0 Å². The Kier molecular flexibility index (Phi) is 5.14. The van der Waals surface area contributed by atoms with Gasteiger partial charge in [-0.2, -0.15) is 0 Å². The van der Waals surface area contributed by atoms with Gasteiger partial charge in [-0.15, -0.1) is 0 Å². The van der Waals surface area contributed by atoms with Crippen LogP contribution in [-0.4, -0.2) is 44.5 Å². The molecule has 7 heteroatoms. The predicted octanol–water partition coefficient (Wildman–Crippen LogP) is -0.267. The van der Waals surface area contributed by atoms with Crippen molar-refractivity contribution < 1.29 is 9.59 Å². The van der Waals surface area contributed by atoms with Crippen LogP contribution in [0.15, 0.2) is 29.3 Å². The maximum Gasteiger partial charge on any atom is 0.251 e. The number of carbonyl (C=O) groups is 2. The van der Waals surface area contributed by atoms with Crippen LogP contribution in [0.3, 0.4) is 0 Å². The van der Waals surface area contributed by atoms with Gasteiger partial charge in [-0.3, -0.25) is 9.59 Å². The molecule has 1 aromatic carbocycles. The molecule has 0 spiro atoms. The van der Waals surface area contributed by atoms with E-state index in [1.165, 1.54) is 7.05 Å². The average Bonchev–Trinajstić information content (AvgIpc) is 2.53. The van der Waals surface area contributed by atoms with E-state index in [1.807, 2.05) is 6.07 Å². The molecule has 2 amide bonds. The third-order valence-electron chi connectivity index (χ3n) is 2.98. The lowest BCUT2D eigenvalue weighted by Crippen LogP contribution is -2.43. The fraction of sp³-hybridized carbons (Fsp3) is 0.357. The monoisotopic (exact) mass is 289 g/mol. The Morgan fingerprint density at radius 3 is 2.76 bits per heavy atom. The number of carbonyl (C=O) groups excluding carboxylic acids is 2. The predicted molar refractivity (Wildman–Crippen MR) is 80.6 cm³/mol. The van der Waals surface area contributed by atoms with Gasteiger partial charge in [-0.25, -0.2) is 4.99 Å². The molecular formula is C14H19N5O2. The molecule has 1 aromatic rings. The number of nitrogens with one attached hydrogen (secondary N) is 4. The van der Waals surface area contributed by atoms with Gasteiger partial charge in [0.25, 0.3) is 5.91 Å². The van der Waals surface area contributed by atoms with Crippen molar-refractivity contribution >= 4 is 23.5 Å². The van der Waals surface area contributed by atoms with Gasteiger partial charge in [0.05, 0.1) is 12.2 Å². The Labute approximate surface area is 123 Å². The molecule has 0 atom stereocenters. The third-order valence-corrected chi connectivity index (χ3v) is 2.98. The minimum atomic E-state index is -0.301. The second kappa shape index (κ2) is 7.28. The van der Waals surface area contributed by atoms with Crippen molar-refractivity contribution in [2.45, 2.75) is 6.42 Å². The Bertz CT molecular complexity index is 548. The largest absolute Gasteiger partial charge is 0.358 e. The molecule has 112 valence electrons. The summed E-state index contributed by atoms with van der Waals surface area (Å²) in [5, 5.41) is 11.3. The molecule has 1 aliphatic heterocycles. The Hall–Kier alpha value is -2.57. The van der Waals surface area contributed by atoms with Crippen LogP contribution in [0.25, 0.3) is 0 Å². The van der Waals surface area contributed by atoms with Gasteiger partial charge in [0.15, 0.2) is 5.96 Å². The molecule has 0 aromatic heterocycles. The van der Waals surface area contributed by atoms with Crippen LogP contribution in [0.5, 0.6) is 0 Å². The molecular weight excluding hydrogens is 270 g/mol. The summed E-state index contributed by atoms with van der Waals surface area (Å²) in [5.41, 5.74) is 1.15. The molecule has 0 saturated carbocycles. The number of nitrogens with zero attached hydrogens (tertiary/aromatic N) is 1. The van der Waals surface area contributed by atoms with Crippen LogP contribution in [0.1, 0.15) is 16.8 Å². The zero-order chi connectivity index (χ0) is 15.1. The Morgan fingerprint density at radius 1 is 1.29 bits per heavy atom. The fourth-order valence-electron chi connectivity index (χ4n) is 1.84. The number of hydrogen-bond acceptors (Lipinski definition) is 3. The van der Waals surface area contributed by atoms with E-state index in [4.69, 9.17) is 0 Å². The number of rotatable bonds is 4. The van der Waals surface area contributed by atoms with Crippen LogP contribution < -0.4 is 21.3 Å². The summed E-state index contributed by atoms with van der Waals surface area (Å²) in [6.07, 6.45) is 1.06. The summed E-state index contributed by atoms with van der Waals surface area (Å²) < 4.78 is 0. The van der Waals surface area contributed by atoms with Crippen LogP contribution in [-0.2, 0) is 4.79 Å². The minimum Gasteiger partial charge on any atom is -0.358 e. The number of likely N-dealkylation sites (N-methyl/N-ethyl adjacent to an activating group) is 1. The lowest BCUT2D eigenvalue weighted by molar-refractivity contribution is -0.119. The Balaban J connectivity index is 2.03. The van der Waals surface area contributed by atoms with Gasteiger partial charge in [-0.05, 0) is 24.6 Å². The minimum absolute atomic E-state index is 0.0445. The van der Waals surface area contributed by atoms with E-state index in [2.05, 4.69) is 26.3 Å². The highest BCUT2D eigenvalue weighted by atomic mass is 16.2. The van der Waals surface area contributed by atoms with E-state index >= 15 is 0 Å².